The smallest absolute Gasteiger partial charge is 0.416 e. The fourth-order valence-electron chi connectivity index (χ4n) is 4.48. The first-order valence-electron chi connectivity index (χ1n) is 11.4. The minimum absolute atomic E-state index is 0.249. The zero-order valence-corrected chi connectivity index (χ0v) is 19.2. The highest BCUT2D eigenvalue weighted by molar-refractivity contribution is 5.89. The number of furan rings is 1. The SMILES string of the molecule is COC(=O)c1ccc(OC(c2oc(-c3ccc(C(F)(F)F)cc3)cc2C)C2CCCCC2)cc1. The number of hydrogen-bond donors (Lipinski definition) is 0. The predicted octanol–water partition coefficient (Wildman–Crippen LogP) is 7.76. The summed E-state index contributed by atoms with van der Waals surface area (Å²) in [4.78, 5) is 11.7. The molecule has 0 spiro atoms. The van der Waals surface area contributed by atoms with E-state index in [1.807, 2.05) is 13.0 Å². The monoisotopic (exact) mass is 472 g/mol. The van der Waals surface area contributed by atoms with Crippen LogP contribution in [0.15, 0.2) is 59.0 Å². The van der Waals surface area contributed by atoms with Crippen molar-refractivity contribution < 1.29 is 31.9 Å². The molecule has 2 aromatic carbocycles. The van der Waals surface area contributed by atoms with Crippen LogP contribution in [0.4, 0.5) is 13.2 Å². The lowest BCUT2D eigenvalue weighted by Crippen LogP contribution is -2.21. The van der Waals surface area contributed by atoms with Crippen LogP contribution in [0.3, 0.4) is 0 Å². The van der Waals surface area contributed by atoms with Crippen LogP contribution in [0.5, 0.6) is 5.75 Å². The first-order valence-corrected chi connectivity index (χ1v) is 11.4. The molecule has 1 saturated carbocycles. The molecule has 0 bridgehead atoms. The lowest BCUT2D eigenvalue weighted by atomic mass is 9.83. The maximum Gasteiger partial charge on any atom is 0.416 e. The van der Waals surface area contributed by atoms with E-state index in [-0.39, 0.29) is 12.0 Å². The van der Waals surface area contributed by atoms with Gasteiger partial charge in [0.1, 0.15) is 17.3 Å². The van der Waals surface area contributed by atoms with E-state index < -0.39 is 17.7 Å². The Morgan fingerprint density at radius 2 is 1.65 bits per heavy atom. The number of ether oxygens (including phenoxy) is 2. The molecule has 0 N–H and O–H groups in total. The normalized spacial score (nSPS) is 15.7. The molecule has 1 atom stereocenters. The number of carbonyl (C=O) groups is 1. The Morgan fingerprint density at radius 3 is 2.24 bits per heavy atom. The summed E-state index contributed by atoms with van der Waals surface area (Å²) in [7, 11) is 1.33. The van der Waals surface area contributed by atoms with Crippen molar-refractivity contribution in [1.29, 1.82) is 0 Å². The Morgan fingerprint density at radius 1 is 1.00 bits per heavy atom. The lowest BCUT2D eigenvalue weighted by molar-refractivity contribution is -0.137. The Kier molecular flexibility index (Phi) is 7.00. The molecule has 1 unspecified atom stereocenters. The number of halogens is 3. The second-order valence-electron chi connectivity index (χ2n) is 8.69. The van der Waals surface area contributed by atoms with Gasteiger partial charge in [0.15, 0.2) is 6.10 Å². The van der Waals surface area contributed by atoms with Gasteiger partial charge in [0.2, 0.25) is 0 Å². The fourth-order valence-corrected chi connectivity index (χ4v) is 4.48. The molecule has 0 amide bonds. The van der Waals surface area contributed by atoms with E-state index >= 15 is 0 Å². The molecule has 0 radical (unpaired) electrons. The van der Waals surface area contributed by atoms with Gasteiger partial charge in [0.05, 0.1) is 18.2 Å². The van der Waals surface area contributed by atoms with Crippen molar-refractivity contribution in [2.24, 2.45) is 5.92 Å². The van der Waals surface area contributed by atoms with E-state index in [0.717, 1.165) is 43.4 Å². The summed E-state index contributed by atoms with van der Waals surface area (Å²) in [5, 5.41) is 0. The zero-order valence-electron chi connectivity index (χ0n) is 19.2. The Hall–Kier alpha value is -3.22. The summed E-state index contributed by atoms with van der Waals surface area (Å²) in [5.41, 5.74) is 1.20. The molecule has 1 aromatic heterocycles. The zero-order chi connectivity index (χ0) is 24.3. The van der Waals surface area contributed by atoms with Crippen LogP contribution in [-0.4, -0.2) is 13.1 Å². The van der Waals surface area contributed by atoms with E-state index in [4.69, 9.17) is 13.9 Å². The average molecular weight is 473 g/mol. The molecule has 4 rings (SSSR count). The van der Waals surface area contributed by atoms with E-state index in [1.165, 1.54) is 25.7 Å². The third kappa shape index (κ3) is 5.29. The predicted molar refractivity (Wildman–Crippen MR) is 122 cm³/mol. The number of esters is 1. The quantitative estimate of drug-likeness (QED) is 0.344. The number of methoxy groups -OCH3 is 1. The van der Waals surface area contributed by atoms with Crippen molar-refractivity contribution in [1.82, 2.24) is 0 Å². The van der Waals surface area contributed by atoms with Crippen molar-refractivity contribution in [2.75, 3.05) is 7.11 Å². The van der Waals surface area contributed by atoms with Gasteiger partial charge >= 0.3 is 12.1 Å². The summed E-state index contributed by atoms with van der Waals surface area (Å²) in [5.74, 6) is 1.62. The molecule has 1 aliphatic rings. The number of hydrogen-bond acceptors (Lipinski definition) is 4. The first kappa shape index (κ1) is 23.9. The molecule has 180 valence electrons. The van der Waals surface area contributed by atoms with Crippen molar-refractivity contribution in [3.05, 3.63) is 77.0 Å². The lowest BCUT2D eigenvalue weighted by Gasteiger charge is -2.30. The second-order valence-corrected chi connectivity index (χ2v) is 8.69. The average Bonchev–Trinajstić information content (AvgIpc) is 3.23. The highest BCUT2D eigenvalue weighted by atomic mass is 19.4. The summed E-state index contributed by atoms with van der Waals surface area (Å²) >= 11 is 0. The summed E-state index contributed by atoms with van der Waals surface area (Å²) in [6.45, 7) is 1.92. The highest BCUT2D eigenvalue weighted by Gasteiger charge is 2.32. The molecule has 3 aromatic rings. The van der Waals surface area contributed by atoms with Gasteiger partial charge in [0.25, 0.3) is 0 Å². The first-order chi connectivity index (χ1) is 16.3. The second kappa shape index (κ2) is 9.95. The minimum Gasteiger partial charge on any atom is -0.482 e. The van der Waals surface area contributed by atoms with Crippen molar-refractivity contribution in [2.45, 2.75) is 51.3 Å². The molecule has 7 heteroatoms. The van der Waals surface area contributed by atoms with Crippen molar-refractivity contribution in [3.8, 4) is 17.1 Å². The Labute approximate surface area is 196 Å². The van der Waals surface area contributed by atoms with Crippen LogP contribution >= 0.6 is 0 Å². The van der Waals surface area contributed by atoms with Gasteiger partial charge in [-0.25, -0.2) is 4.79 Å². The van der Waals surface area contributed by atoms with Crippen LogP contribution in [-0.2, 0) is 10.9 Å². The van der Waals surface area contributed by atoms with E-state index in [9.17, 15) is 18.0 Å². The summed E-state index contributed by atoms with van der Waals surface area (Å²) < 4.78 is 56.2. The van der Waals surface area contributed by atoms with E-state index in [0.29, 0.717) is 28.4 Å². The van der Waals surface area contributed by atoms with Crippen LogP contribution in [0.1, 0.15) is 65.5 Å². The Bertz CT molecular complexity index is 1110. The number of benzene rings is 2. The highest BCUT2D eigenvalue weighted by Crippen LogP contribution is 2.41. The maximum absolute atomic E-state index is 12.9. The summed E-state index contributed by atoms with van der Waals surface area (Å²) in [6.07, 6.45) is 0.681. The standard InChI is InChI=1S/C27H27F3O4/c1-17-16-23(18-8-12-21(13-9-18)27(28,29)30)34-24(17)25(19-6-4-3-5-7-19)33-22-14-10-20(11-15-22)26(31)32-2/h8-16,19,25H,3-7H2,1-2H3. The molecule has 4 nitrogen and oxygen atoms in total. The topological polar surface area (TPSA) is 48.7 Å². The molecule has 1 aliphatic carbocycles. The molecule has 0 aliphatic heterocycles. The van der Waals surface area contributed by atoms with E-state index in [2.05, 4.69) is 0 Å². The van der Waals surface area contributed by atoms with Crippen molar-refractivity contribution >= 4 is 5.97 Å². The summed E-state index contributed by atoms with van der Waals surface area (Å²) in [6, 6.07) is 13.6. The molecule has 34 heavy (non-hydrogen) atoms. The molecular formula is C27H27F3O4. The maximum atomic E-state index is 12.9. The van der Waals surface area contributed by atoms with Gasteiger partial charge < -0.3 is 13.9 Å². The van der Waals surface area contributed by atoms with Gasteiger partial charge in [-0.05, 0) is 67.8 Å². The van der Waals surface area contributed by atoms with Gasteiger partial charge in [-0.1, -0.05) is 31.4 Å². The van der Waals surface area contributed by atoms with Crippen molar-refractivity contribution in [3.63, 3.8) is 0 Å². The molecule has 1 fully saturated rings. The van der Waals surface area contributed by atoms with E-state index in [1.54, 1.807) is 24.3 Å². The molecular weight excluding hydrogens is 445 g/mol. The van der Waals surface area contributed by atoms with Crippen LogP contribution in [0.25, 0.3) is 11.3 Å². The minimum atomic E-state index is -4.38. The van der Waals surface area contributed by atoms with Gasteiger partial charge in [0, 0.05) is 11.5 Å². The molecule has 0 saturated heterocycles. The third-order valence-electron chi connectivity index (χ3n) is 6.33. The number of aryl methyl sites for hydroxylation is 1. The number of carbonyl (C=O) groups excluding carboxylic acids is 1. The van der Waals surface area contributed by atoms with Gasteiger partial charge in [-0.3, -0.25) is 0 Å². The van der Waals surface area contributed by atoms with Gasteiger partial charge in [-0.2, -0.15) is 13.2 Å². The van der Waals surface area contributed by atoms with Crippen LogP contribution in [0.2, 0.25) is 0 Å². The molecule has 1 heterocycles. The van der Waals surface area contributed by atoms with Crippen LogP contribution in [0, 0.1) is 12.8 Å². The fraction of sp³-hybridized carbons (Fsp3) is 0.370. The number of alkyl halides is 3. The van der Waals surface area contributed by atoms with Gasteiger partial charge in [-0.15, -0.1) is 0 Å². The Balaban J connectivity index is 1.63. The van der Waals surface area contributed by atoms with Crippen LogP contribution < -0.4 is 4.74 Å². The number of rotatable bonds is 6. The largest absolute Gasteiger partial charge is 0.482 e. The third-order valence-corrected chi connectivity index (χ3v) is 6.33.